The molecule has 148 valence electrons. The number of hydrogen-bond donors (Lipinski definition) is 1. The molecule has 9 heteroatoms. The van der Waals surface area contributed by atoms with Crippen molar-refractivity contribution in [2.24, 2.45) is 0 Å². The van der Waals surface area contributed by atoms with Crippen molar-refractivity contribution in [3.8, 4) is 5.75 Å². The van der Waals surface area contributed by atoms with E-state index >= 15 is 0 Å². The summed E-state index contributed by atoms with van der Waals surface area (Å²) in [7, 11) is 0. The molecule has 1 aromatic heterocycles. The summed E-state index contributed by atoms with van der Waals surface area (Å²) in [5.74, 6) is 0.0724. The molecule has 29 heavy (non-hydrogen) atoms. The van der Waals surface area contributed by atoms with E-state index in [1.54, 1.807) is 0 Å². The van der Waals surface area contributed by atoms with Crippen molar-refractivity contribution in [2.45, 2.75) is 30.4 Å². The number of halogens is 1. The second kappa shape index (κ2) is 8.04. The smallest absolute Gasteiger partial charge is 0.263 e. The van der Waals surface area contributed by atoms with Crippen LogP contribution in [0.3, 0.4) is 0 Å². The number of anilines is 1. The molecule has 0 saturated carbocycles. The van der Waals surface area contributed by atoms with Crippen LogP contribution >= 0.6 is 11.8 Å². The third-order valence-corrected chi connectivity index (χ3v) is 5.37. The summed E-state index contributed by atoms with van der Waals surface area (Å²) in [6, 6.07) is 13.0. The van der Waals surface area contributed by atoms with Gasteiger partial charge < -0.3 is 10.1 Å². The Morgan fingerprint density at radius 3 is 2.62 bits per heavy atom. The topological polar surface area (TPSA) is 86.1 Å². The first-order chi connectivity index (χ1) is 14.0. The summed E-state index contributed by atoms with van der Waals surface area (Å²) in [5.41, 5.74) is 1.60. The molecule has 1 atom stereocenters. The first kappa shape index (κ1) is 19.1. The minimum absolute atomic E-state index is 0.0267. The standard InChI is InChI=1S/C20H17FN4O3S/c1-12-2-8-15(9-3-12)28-11-17-23-20-25(24-17)19(27)16(29-20)10-18(26)22-14-6-4-13(21)5-7-14/h2-9,16H,10-11H2,1H3,(H,22,26). The molecular weight excluding hydrogens is 395 g/mol. The van der Waals surface area contributed by atoms with Gasteiger partial charge in [-0.05, 0) is 43.3 Å². The molecule has 1 aliphatic rings. The molecular formula is C20H17FN4O3S. The van der Waals surface area contributed by atoms with Crippen LogP contribution in [0.4, 0.5) is 10.1 Å². The number of benzene rings is 2. The quantitative estimate of drug-likeness (QED) is 0.667. The predicted octanol–water partition coefficient (Wildman–Crippen LogP) is 3.45. The fraction of sp³-hybridized carbons (Fsp3) is 0.200. The van der Waals surface area contributed by atoms with Crippen LogP contribution in [0, 0.1) is 12.7 Å². The number of nitrogens with one attached hydrogen (secondary N) is 1. The number of carbonyl (C=O) groups is 2. The zero-order valence-corrected chi connectivity index (χ0v) is 16.3. The number of thioether (sulfide) groups is 1. The normalized spacial score (nSPS) is 15.2. The van der Waals surface area contributed by atoms with Gasteiger partial charge in [-0.1, -0.05) is 29.5 Å². The molecule has 0 bridgehead atoms. The van der Waals surface area contributed by atoms with Crippen molar-refractivity contribution in [1.29, 1.82) is 0 Å². The highest BCUT2D eigenvalue weighted by atomic mass is 32.2. The zero-order chi connectivity index (χ0) is 20.4. The minimum atomic E-state index is -0.600. The monoisotopic (exact) mass is 412 g/mol. The van der Waals surface area contributed by atoms with Gasteiger partial charge in [0.2, 0.25) is 5.91 Å². The van der Waals surface area contributed by atoms with E-state index < -0.39 is 5.25 Å². The van der Waals surface area contributed by atoms with Crippen LogP contribution in [-0.2, 0) is 11.4 Å². The maximum Gasteiger partial charge on any atom is 0.263 e. The fourth-order valence-corrected chi connectivity index (χ4v) is 3.84. The first-order valence-corrected chi connectivity index (χ1v) is 9.77. The van der Waals surface area contributed by atoms with Crippen LogP contribution in [0.2, 0.25) is 0 Å². The molecule has 3 aromatic rings. The lowest BCUT2D eigenvalue weighted by molar-refractivity contribution is -0.116. The van der Waals surface area contributed by atoms with Gasteiger partial charge in [-0.25, -0.2) is 9.37 Å². The Morgan fingerprint density at radius 2 is 1.93 bits per heavy atom. The zero-order valence-electron chi connectivity index (χ0n) is 15.5. The Morgan fingerprint density at radius 1 is 1.21 bits per heavy atom. The highest BCUT2D eigenvalue weighted by Crippen LogP contribution is 2.32. The van der Waals surface area contributed by atoms with E-state index in [1.807, 2.05) is 31.2 Å². The third-order valence-electron chi connectivity index (χ3n) is 4.24. The molecule has 0 saturated heterocycles. The van der Waals surface area contributed by atoms with Crippen LogP contribution in [0.25, 0.3) is 0 Å². The highest BCUT2D eigenvalue weighted by Gasteiger charge is 2.36. The van der Waals surface area contributed by atoms with Crippen LogP contribution in [-0.4, -0.2) is 31.8 Å². The molecule has 0 spiro atoms. The largest absolute Gasteiger partial charge is 0.486 e. The van der Waals surface area contributed by atoms with Crippen molar-refractivity contribution in [3.05, 3.63) is 65.7 Å². The molecule has 1 N–H and O–H groups in total. The number of aryl methyl sites for hydroxylation is 1. The maximum absolute atomic E-state index is 12.9. The van der Waals surface area contributed by atoms with Crippen LogP contribution in [0.5, 0.6) is 5.75 Å². The van der Waals surface area contributed by atoms with E-state index in [4.69, 9.17) is 4.74 Å². The Labute approximate surface area is 170 Å². The van der Waals surface area contributed by atoms with Crippen molar-refractivity contribution in [2.75, 3.05) is 5.32 Å². The number of nitrogens with zero attached hydrogens (tertiary/aromatic N) is 3. The van der Waals surface area contributed by atoms with Crippen LogP contribution in [0.15, 0.2) is 53.7 Å². The first-order valence-electron chi connectivity index (χ1n) is 8.89. The second-order valence-electron chi connectivity index (χ2n) is 6.53. The van der Waals surface area contributed by atoms with Gasteiger partial charge in [0.15, 0.2) is 11.0 Å². The lowest BCUT2D eigenvalue weighted by Gasteiger charge is -2.08. The maximum atomic E-state index is 12.9. The summed E-state index contributed by atoms with van der Waals surface area (Å²) in [5, 5.41) is 6.68. The average molecular weight is 412 g/mol. The number of amides is 1. The fourth-order valence-electron chi connectivity index (χ4n) is 2.76. The lowest BCUT2D eigenvalue weighted by Crippen LogP contribution is -2.25. The third kappa shape index (κ3) is 4.45. The highest BCUT2D eigenvalue weighted by molar-refractivity contribution is 8.00. The van der Waals surface area contributed by atoms with Crippen LogP contribution < -0.4 is 10.1 Å². The second-order valence-corrected chi connectivity index (χ2v) is 7.70. The molecule has 1 aliphatic heterocycles. The van der Waals surface area contributed by atoms with Gasteiger partial charge in [0.25, 0.3) is 5.91 Å². The van der Waals surface area contributed by atoms with Crippen molar-refractivity contribution >= 4 is 29.3 Å². The lowest BCUT2D eigenvalue weighted by atomic mass is 10.2. The number of rotatable bonds is 6. The van der Waals surface area contributed by atoms with E-state index in [9.17, 15) is 14.0 Å². The molecule has 2 heterocycles. The van der Waals surface area contributed by atoms with Crippen LogP contribution in [0.1, 0.15) is 22.6 Å². The summed E-state index contributed by atoms with van der Waals surface area (Å²) < 4.78 is 19.8. The van der Waals surface area contributed by atoms with Gasteiger partial charge in [0.1, 0.15) is 23.4 Å². The average Bonchev–Trinajstić information content (AvgIpc) is 3.22. The van der Waals surface area contributed by atoms with Crippen molar-refractivity contribution < 1.29 is 18.7 Å². The minimum Gasteiger partial charge on any atom is -0.486 e. The van der Waals surface area contributed by atoms with E-state index in [1.165, 1.54) is 40.7 Å². The Balaban J connectivity index is 1.33. The van der Waals surface area contributed by atoms with Gasteiger partial charge >= 0.3 is 0 Å². The van der Waals surface area contributed by atoms with E-state index in [0.717, 1.165) is 5.56 Å². The SMILES string of the molecule is Cc1ccc(OCc2nc3n(n2)C(=O)C(CC(=O)Nc2ccc(F)cc2)S3)cc1. The number of ether oxygens (including phenoxy) is 1. The van der Waals surface area contributed by atoms with Crippen molar-refractivity contribution in [3.63, 3.8) is 0 Å². The Hall–Kier alpha value is -3.20. The molecule has 0 fully saturated rings. The number of fused-ring (bicyclic) bond motifs is 1. The summed E-state index contributed by atoms with van der Waals surface area (Å²) in [4.78, 5) is 29.0. The van der Waals surface area contributed by atoms with E-state index in [0.29, 0.717) is 22.4 Å². The molecule has 1 amide bonds. The summed E-state index contributed by atoms with van der Waals surface area (Å²) in [6.07, 6.45) is -0.0267. The predicted molar refractivity (Wildman–Crippen MR) is 105 cm³/mol. The van der Waals surface area contributed by atoms with Gasteiger partial charge in [-0.2, -0.15) is 4.68 Å². The molecule has 7 nitrogen and oxygen atoms in total. The van der Waals surface area contributed by atoms with Gasteiger partial charge in [0.05, 0.1) is 0 Å². The summed E-state index contributed by atoms with van der Waals surface area (Å²) in [6.45, 7) is 2.14. The Kier molecular flexibility index (Phi) is 5.30. The molecule has 0 aliphatic carbocycles. The number of aromatic nitrogens is 3. The van der Waals surface area contributed by atoms with E-state index in [-0.39, 0.29) is 30.7 Å². The molecule has 2 aromatic carbocycles. The van der Waals surface area contributed by atoms with Crippen molar-refractivity contribution in [1.82, 2.24) is 14.8 Å². The Bertz CT molecular complexity index is 1050. The number of hydrogen-bond acceptors (Lipinski definition) is 6. The van der Waals surface area contributed by atoms with E-state index in [2.05, 4.69) is 15.4 Å². The number of carbonyl (C=O) groups excluding carboxylic acids is 2. The molecule has 0 radical (unpaired) electrons. The van der Waals surface area contributed by atoms with Gasteiger partial charge in [-0.15, -0.1) is 5.10 Å². The molecule has 4 rings (SSSR count). The molecule has 1 unspecified atom stereocenters. The van der Waals surface area contributed by atoms with Gasteiger partial charge in [-0.3, -0.25) is 9.59 Å². The summed E-state index contributed by atoms with van der Waals surface area (Å²) >= 11 is 1.19. The van der Waals surface area contributed by atoms with Gasteiger partial charge in [0, 0.05) is 12.1 Å².